The van der Waals surface area contributed by atoms with E-state index in [1.54, 1.807) is 0 Å². The molecule has 1 aliphatic carbocycles. The molecule has 1 aromatic heterocycles. The number of nitrogens with zero attached hydrogens (tertiary/aromatic N) is 1. The van der Waals surface area contributed by atoms with Crippen molar-refractivity contribution in [3.05, 3.63) is 23.4 Å². The molecule has 0 aliphatic heterocycles. The van der Waals surface area contributed by atoms with E-state index in [4.69, 9.17) is 0 Å². The second-order valence-corrected chi connectivity index (χ2v) is 6.00. The molecule has 0 unspecified atom stereocenters. The van der Waals surface area contributed by atoms with Crippen molar-refractivity contribution in [1.29, 1.82) is 0 Å². The highest BCUT2D eigenvalue weighted by atomic mass is 16.1. The predicted octanol–water partition coefficient (Wildman–Crippen LogP) is 3.52. The molecule has 2 N–H and O–H groups in total. The zero-order chi connectivity index (χ0) is 15.1. The second kappa shape index (κ2) is 8.01. The van der Waals surface area contributed by atoms with E-state index in [0.29, 0.717) is 5.56 Å². The maximum absolute atomic E-state index is 12.2. The maximum atomic E-state index is 12.2. The Morgan fingerprint density at radius 3 is 2.76 bits per heavy atom. The lowest BCUT2D eigenvalue weighted by Crippen LogP contribution is -2.26. The minimum absolute atomic E-state index is 0.0121. The molecule has 0 saturated heterocycles. The monoisotopic (exact) mass is 289 g/mol. The summed E-state index contributed by atoms with van der Waals surface area (Å²) < 4.78 is 0. The summed E-state index contributed by atoms with van der Waals surface area (Å²) >= 11 is 0. The zero-order valence-electron chi connectivity index (χ0n) is 13.2. The molecule has 0 spiro atoms. The summed E-state index contributed by atoms with van der Waals surface area (Å²) in [7, 11) is 0. The van der Waals surface area contributed by atoms with Gasteiger partial charge in [0.2, 0.25) is 0 Å². The van der Waals surface area contributed by atoms with Crippen LogP contribution in [0.2, 0.25) is 0 Å². The van der Waals surface area contributed by atoms with E-state index >= 15 is 0 Å². The number of pyridine rings is 1. The fraction of sp³-hybridized carbons (Fsp3) is 0.647. The second-order valence-electron chi connectivity index (χ2n) is 6.00. The number of hydrogen-bond donors (Lipinski definition) is 2. The molecule has 0 aromatic carbocycles. The first kappa shape index (κ1) is 15.8. The van der Waals surface area contributed by atoms with E-state index < -0.39 is 0 Å². The smallest absolute Gasteiger partial charge is 0.251 e. The SMILES string of the molecule is CCCNc1cc(C(=O)NCCC2CCCC2)cc(C)n1. The van der Waals surface area contributed by atoms with E-state index in [2.05, 4.69) is 22.5 Å². The normalized spacial score (nSPS) is 15.1. The Labute approximate surface area is 127 Å². The molecule has 1 aromatic rings. The highest BCUT2D eigenvalue weighted by Crippen LogP contribution is 2.26. The third-order valence-corrected chi connectivity index (χ3v) is 4.08. The molecule has 1 saturated carbocycles. The van der Waals surface area contributed by atoms with Crippen LogP contribution in [-0.4, -0.2) is 24.0 Å². The van der Waals surface area contributed by atoms with Gasteiger partial charge in [-0.15, -0.1) is 0 Å². The van der Waals surface area contributed by atoms with Crippen molar-refractivity contribution in [2.45, 2.75) is 52.4 Å². The first-order valence-corrected chi connectivity index (χ1v) is 8.19. The summed E-state index contributed by atoms with van der Waals surface area (Å²) in [4.78, 5) is 16.6. The zero-order valence-corrected chi connectivity index (χ0v) is 13.2. The highest BCUT2D eigenvalue weighted by molar-refractivity contribution is 5.94. The van der Waals surface area contributed by atoms with Gasteiger partial charge < -0.3 is 10.6 Å². The van der Waals surface area contributed by atoms with Crippen LogP contribution in [0.15, 0.2) is 12.1 Å². The summed E-state index contributed by atoms with van der Waals surface area (Å²) in [6.45, 7) is 5.69. The summed E-state index contributed by atoms with van der Waals surface area (Å²) in [5, 5.41) is 6.28. The van der Waals surface area contributed by atoms with Crippen LogP contribution in [0.5, 0.6) is 0 Å². The summed E-state index contributed by atoms with van der Waals surface area (Å²) in [6, 6.07) is 3.69. The van der Waals surface area contributed by atoms with Crippen LogP contribution in [0.4, 0.5) is 5.82 Å². The van der Waals surface area contributed by atoms with Crippen LogP contribution < -0.4 is 10.6 Å². The van der Waals surface area contributed by atoms with Gasteiger partial charge in [0.15, 0.2) is 0 Å². The molecular weight excluding hydrogens is 262 g/mol. The molecule has 1 amide bonds. The molecule has 1 fully saturated rings. The number of amides is 1. The number of anilines is 1. The molecule has 0 bridgehead atoms. The standard InChI is InChI=1S/C17H27N3O/c1-3-9-18-16-12-15(11-13(2)20-16)17(21)19-10-8-14-6-4-5-7-14/h11-12,14H,3-10H2,1-2H3,(H,18,20)(H,19,21). The van der Waals surface area contributed by atoms with Crippen molar-refractivity contribution in [2.24, 2.45) is 5.92 Å². The Hall–Kier alpha value is -1.58. The van der Waals surface area contributed by atoms with Crippen LogP contribution in [0.25, 0.3) is 0 Å². The fourth-order valence-corrected chi connectivity index (χ4v) is 2.93. The van der Waals surface area contributed by atoms with Crippen molar-refractivity contribution in [1.82, 2.24) is 10.3 Å². The van der Waals surface area contributed by atoms with E-state index in [0.717, 1.165) is 43.4 Å². The van der Waals surface area contributed by atoms with Crippen LogP contribution in [0, 0.1) is 12.8 Å². The van der Waals surface area contributed by atoms with Crippen LogP contribution >= 0.6 is 0 Å². The molecule has 0 atom stereocenters. The highest BCUT2D eigenvalue weighted by Gasteiger charge is 2.15. The third-order valence-electron chi connectivity index (χ3n) is 4.08. The lowest BCUT2D eigenvalue weighted by Gasteiger charge is -2.11. The van der Waals surface area contributed by atoms with Gasteiger partial charge in [-0.3, -0.25) is 4.79 Å². The minimum atomic E-state index is 0.0121. The number of aromatic nitrogens is 1. The molecule has 21 heavy (non-hydrogen) atoms. The van der Waals surface area contributed by atoms with E-state index in [1.807, 2.05) is 19.1 Å². The maximum Gasteiger partial charge on any atom is 0.251 e. The van der Waals surface area contributed by atoms with E-state index in [-0.39, 0.29) is 5.91 Å². The van der Waals surface area contributed by atoms with Crippen molar-refractivity contribution >= 4 is 11.7 Å². The number of carbonyl (C=O) groups is 1. The van der Waals surface area contributed by atoms with Crippen LogP contribution in [0.1, 0.15) is 61.5 Å². The first-order valence-electron chi connectivity index (χ1n) is 8.19. The van der Waals surface area contributed by atoms with Gasteiger partial charge >= 0.3 is 0 Å². The first-order chi connectivity index (χ1) is 10.2. The molecule has 1 aliphatic rings. The Bertz CT molecular complexity index is 467. The summed E-state index contributed by atoms with van der Waals surface area (Å²) in [5.74, 6) is 1.61. The Balaban J connectivity index is 1.86. The fourth-order valence-electron chi connectivity index (χ4n) is 2.93. The van der Waals surface area contributed by atoms with Gasteiger partial charge in [-0.2, -0.15) is 0 Å². The molecule has 4 nitrogen and oxygen atoms in total. The van der Waals surface area contributed by atoms with Crippen molar-refractivity contribution in [3.63, 3.8) is 0 Å². The van der Waals surface area contributed by atoms with Crippen molar-refractivity contribution < 1.29 is 4.79 Å². The molecule has 4 heteroatoms. The van der Waals surface area contributed by atoms with Gasteiger partial charge in [-0.05, 0) is 37.8 Å². The molecule has 116 valence electrons. The van der Waals surface area contributed by atoms with Gasteiger partial charge in [0, 0.05) is 24.3 Å². The van der Waals surface area contributed by atoms with Crippen LogP contribution in [0.3, 0.4) is 0 Å². The topological polar surface area (TPSA) is 54.0 Å². The van der Waals surface area contributed by atoms with Gasteiger partial charge in [0.25, 0.3) is 5.91 Å². The lowest BCUT2D eigenvalue weighted by atomic mass is 10.0. The number of nitrogens with one attached hydrogen (secondary N) is 2. The molecular formula is C17H27N3O. The van der Waals surface area contributed by atoms with Crippen LogP contribution in [-0.2, 0) is 0 Å². The average Bonchev–Trinajstić information content (AvgIpc) is 2.97. The Kier molecular flexibility index (Phi) is 6.03. The number of carbonyl (C=O) groups excluding carboxylic acids is 1. The number of rotatable bonds is 7. The lowest BCUT2D eigenvalue weighted by molar-refractivity contribution is 0.0951. The largest absolute Gasteiger partial charge is 0.370 e. The molecule has 0 radical (unpaired) electrons. The van der Waals surface area contributed by atoms with Gasteiger partial charge in [-0.1, -0.05) is 32.6 Å². The minimum Gasteiger partial charge on any atom is -0.370 e. The average molecular weight is 289 g/mol. The quantitative estimate of drug-likeness (QED) is 0.807. The number of hydrogen-bond acceptors (Lipinski definition) is 3. The molecule has 2 rings (SSSR count). The van der Waals surface area contributed by atoms with Crippen molar-refractivity contribution in [3.8, 4) is 0 Å². The summed E-state index contributed by atoms with van der Waals surface area (Å²) in [5.41, 5.74) is 1.57. The summed E-state index contributed by atoms with van der Waals surface area (Å²) in [6.07, 6.45) is 7.52. The van der Waals surface area contributed by atoms with Crippen molar-refractivity contribution in [2.75, 3.05) is 18.4 Å². The van der Waals surface area contributed by atoms with Gasteiger partial charge in [0.1, 0.15) is 5.82 Å². The van der Waals surface area contributed by atoms with E-state index in [1.165, 1.54) is 25.7 Å². The van der Waals surface area contributed by atoms with E-state index in [9.17, 15) is 4.79 Å². The third kappa shape index (κ3) is 5.03. The Morgan fingerprint density at radius 1 is 1.29 bits per heavy atom. The molecule has 1 heterocycles. The van der Waals surface area contributed by atoms with Gasteiger partial charge in [0.05, 0.1) is 0 Å². The number of aryl methyl sites for hydroxylation is 1. The van der Waals surface area contributed by atoms with Gasteiger partial charge in [-0.25, -0.2) is 4.98 Å². The predicted molar refractivity (Wildman–Crippen MR) is 86.7 cm³/mol. The Morgan fingerprint density at radius 2 is 2.05 bits per heavy atom.